The first-order chi connectivity index (χ1) is 8.63. The molecule has 1 rings (SSSR count). The van der Waals surface area contributed by atoms with Crippen LogP contribution in [-0.2, 0) is 4.74 Å². The van der Waals surface area contributed by atoms with Crippen molar-refractivity contribution >= 4 is 0 Å². The normalized spacial score (nSPS) is 28.0. The third-order valence-corrected chi connectivity index (χ3v) is 4.10. The SMILES string of the molecule is CCCNC(C)(CO)COC1CCCC(CC)C1. The molecular weight excluding hydrogens is 226 g/mol. The molecule has 3 unspecified atom stereocenters. The third kappa shape index (κ3) is 5.25. The van der Waals surface area contributed by atoms with Crippen LogP contribution in [0.3, 0.4) is 0 Å². The summed E-state index contributed by atoms with van der Waals surface area (Å²) in [6, 6.07) is 0. The second-order valence-electron chi connectivity index (χ2n) is 6.02. The highest BCUT2D eigenvalue weighted by atomic mass is 16.5. The van der Waals surface area contributed by atoms with Gasteiger partial charge in [-0.2, -0.15) is 0 Å². The Morgan fingerprint density at radius 2 is 2.11 bits per heavy atom. The number of ether oxygens (including phenoxy) is 1. The van der Waals surface area contributed by atoms with Crippen LogP contribution < -0.4 is 5.32 Å². The molecule has 0 aromatic rings. The van der Waals surface area contributed by atoms with E-state index in [1.54, 1.807) is 0 Å². The maximum absolute atomic E-state index is 9.50. The summed E-state index contributed by atoms with van der Waals surface area (Å²) in [6.07, 6.45) is 7.79. The van der Waals surface area contributed by atoms with Crippen molar-refractivity contribution in [3.05, 3.63) is 0 Å². The van der Waals surface area contributed by atoms with E-state index >= 15 is 0 Å². The van der Waals surface area contributed by atoms with Crippen LogP contribution in [0.25, 0.3) is 0 Å². The maximum Gasteiger partial charge on any atom is 0.0671 e. The molecule has 1 fully saturated rings. The summed E-state index contributed by atoms with van der Waals surface area (Å²) in [5.74, 6) is 0.840. The van der Waals surface area contributed by atoms with Gasteiger partial charge in [0.1, 0.15) is 0 Å². The van der Waals surface area contributed by atoms with E-state index in [4.69, 9.17) is 4.74 Å². The van der Waals surface area contributed by atoms with Crippen LogP contribution >= 0.6 is 0 Å². The highest BCUT2D eigenvalue weighted by Crippen LogP contribution is 2.28. The number of hydrogen-bond acceptors (Lipinski definition) is 3. The summed E-state index contributed by atoms with van der Waals surface area (Å²) in [7, 11) is 0. The molecule has 0 spiro atoms. The van der Waals surface area contributed by atoms with E-state index in [2.05, 4.69) is 19.2 Å². The van der Waals surface area contributed by atoms with Crippen LogP contribution in [0, 0.1) is 5.92 Å². The van der Waals surface area contributed by atoms with Crippen molar-refractivity contribution < 1.29 is 9.84 Å². The van der Waals surface area contributed by atoms with Crippen molar-refractivity contribution in [3.63, 3.8) is 0 Å². The topological polar surface area (TPSA) is 41.5 Å². The van der Waals surface area contributed by atoms with Crippen molar-refractivity contribution in [2.45, 2.75) is 70.9 Å². The van der Waals surface area contributed by atoms with Crippen LogP contribution in [-0.4, -0.2) is 36.5 Å². The van der Waals surface area contributed by atoms with Gasteiger partial charge in [0.05, 0.1) is 24.9 Å². The van der Waals surface area contributed by atoms with Gasteiger partial charge in [0.25, 0.3) is 0 Å². The number of nitrogens with one attached hydrogen (secondary N) is 1. The van der Waals surface area contributed by atoms with Gasteiger partial charge < -0.3 is 15.2 Å². The van der Waals surface area contributed by atoms with E-state index in [9.17, 15) is 5.11 Å². The molecule has 1 saturated carbocycles. The quantitative estimate of drug-likeness (QED) is 0.702. The minimum Gasteiger partial charge on any atom is -0.394 e. The highest BCUT2D eigenvalue weighted by Gasteiger charge is 2.27. The van der Waals surface area contributed by atoms with E-state index in [1.807, 2.05) is 6.92 Å². The van der Waals surface area contributed by atoms with Crippen LogP contribution in [0.2, 0.25) is 0 Å². The largest absolute Gasteiger partial charge is 0.394 e. The fourth-order valence-electron chi connectivity index (χ4n) is 2.64. The molecule has 0 bridgehead atoms. The molecule has 3 heteroatoms. The van der Waals surface area contributed by atoms with Crippen molar-refractivity contribution in [1.82, 2.24) is 5.32 Å². The summed E-state index contributed by atoms with van der Waals surface area (Å²) in [6.45, 7) is 8.14. The first-order valence-corrected chi connectivity index (χ1v) is 7.61. The molecule has 1 aliphatic rings. The lowest BCUT2D eigenvalue weighted by atomic mass is 9.85. The van der Waals surface area contributed by atoms with Crippen LogP contribution in [0.15, 0.2) is 0 Å². The second kappa shape index (κ2) is 8.13. The van der Waals surface area contributed by atoms with Gasteiger partial charge >= 0.3 is 0 Å². The summed E-state index contributed by atoms with van der Waals surface area (Å²) in [5.41, 5.74) is -0.283. The Morgan fingerprint density at radius 3 is 2.72 bits per heavy atom. The summed E-state index contributed by atoms with van der Waals surface area (Å²) in [5, 5.41) is 12.9. The minimum absolute atomic E-state index is 0.136. The Labute approximate surface area is 112 Å². The van der Waals surface area contributed by atoms with Gasteiger partial charge in [-0.25, -0.2) is 0 Å². The molecule has 0 aromatic carbocycles. The van der Waals surface area contributed by atoms with Gasteiger partial charge in [-0.1, -0.05) is 33.1 Å². The molecule has 0 aliphatic heterocycles. The van der Waals surface area contributed by atoms with Gasteiger partial charge in [-0.15, -0.1) is 0 Å². The van der Waals surface area contributed by atoms with E-state index < -0.39 is 0 Å². The van der Waals surface area contributed by atoms with Crippen molar-refractivity contribution in [2.24, 2.45) is 5.92 Å². The van der Waals surface area contributed by atoms with E-state index in [0.29, 0.717) is 12.7 Å². The van der Waals surface area contributed by atoms with Crippen LogP contribution in [0.4, 0.5) is 0 Å². The van der Waals surface area contributed by atoms with Gasteiger partial charge in [0.2, 0.25) is 0 Å². The molecule has 0 aromatic heterocycles. The molecule has 3 nitrogen and oxygen atoms in total. The second-order valence-corrected chi connectivity index (χ2v) is 6.02. The van der Waals surface area contributed by atoms with Crippen molar-refractivity contribution in [3.8, 4) is 0 Å². The zero-order valence-electron chi connectivity index (χ0n) is 12.4. The van der Waals surface area contributed by atoms with Gasteiger partial charge in [-0.05, 0) is 38.6 Å². The number of rotatable bonds is 8. The molecule has 0 heterocycles. The van der Waals surface area contributed by atoms with Crippen LogP contribution in [0.1, 0.15) is 59.3 Å². The Morgan fingerprint density at radius 1 is 1.33 bits per heavy atom. The average Bonchev–Trinajstić information content (AvgIpc) is 2.43. The Kier molecular flexibility index (Phi) is 7.20. The monoisotopic (exact) mass is 257 g/mol. The predicted octanol–water partition coefficient (Wildman–Crippen LogP) is 2.72. The molecule has 1 aliphatic carbocycles. The fraction of sp³-hybridized carbons (Fsp3) is 1.00. The third-order valence-electron chi connectivity index (χ3n) is 4.10. The molecule has 3 atom stereocenters. The fourth-order valence-corrected chi connectivity index (χ4v) is 2.64. The van der Waals surface area contributed by atoms with Gasteiger partial charge in [0, 0.05) is 0 Å². The average molecular weight is 257 g/mol. The molecule has 0 radical (unpaired) electrons. The molecule has 18 heavy (non-hydrogen) atoms. The number of hydrogen-bond donors (Lipinski definition) is 2. The summed E-state index contributed by atoms with van der Waals surface area (Å²) < 4.78 is 6.05. The summed E-state index contributed by atoms with van der Waals surface area (Å²) >= 11 is 0. The van der Waals surface area contributed by atoms with Gasteiger partial charge in [0.15, 0.2) is 0 Å². The van der Waals surface area contributed by atoms with E-state index in [-0.39, 0.29) is 12.1 Å². The molecular formula is C15H31NO2. The molecule has 0 saturated heterocycles. The zero-order chi connectivity index (χ0) is 13.4. The van der Waals surface area contributed by atoms with Crippen LogP contribution in [0.5, 0.6) is 0 Å². The number of aliphatic hydroxyl groups excluding tert-OH is 1. The smallest absolute Gasteiger partial charge is 0.0671 e. The number of aliphatic hydroxyl groups is 1. The highest BCUT2D eigenvalue weighted by molar-refractivity contribution is 4.83. The zero-order valence-corrected chi connectivity index (χ0v) is 12.4. The van der Waals surface area contributed by atoms with Crippen molar-refractivity contribution in [2.75, 3.05) is 19.8 Å². The van der Waals surface area contributed by atoms with E-state index in [0.717, 1.165) is 18.9 Å². The molecule has 108 valence electrons. The Balaban J connectivity index is 2.32. The summed E-state index contributed by atoms with van der Waals surface area (Å²) in [4.78, 5) is 0. The van der Waals surface area contributed by atoms with Gasteiger partial charge in [-0.3, -0.25) is 0 Å². The predicted molar refractivity (Wildman–Crippen MR) is 75.8 cm³/mol. The lowest BCUT2D eigenvalue weighted by molar-refractivity contribution is -0.0287. The first-order valence-electron chi connectivity index (χ1n) is 7.61. The first kappa shape index (κ1) is 15.9. The Bertz CT molecular complexity index is 223. The standard InChI is InChI=1S/C15H31NO2/c1-4-9-16-15(3,11-17)12-18-14-8-6-7-13(5-2)10-14/h13-14,16-17H,4-12H2,1-3H3. The minimum atomic E-state index is -0.283. The Hall–Kier alpha value is -0.120. The van der Waals surface area contributed by atoms with E-state index in [1.165, 1.54) is 32.1 Å². The van der Waals surface area contributed by atoms with Crippen molar-refractivity contribution in [1.29, 1.82) is 0 Å². The molecule has 0 amide bonds. The molecule has 2 N–H and O–H groups in total. The lowest BCUT2D eigenvalue weighted by Crippen LogP contribution is -2.50. The lowest BCUT2D eigenvalue weighted by Gasteiger charge is -2.34. The maximum atomic E-state index is 9.50.